The molecule has 0 bridgehead atoms. The normalized spacial score (nSPS) is 25.5. The lowest BCUT2D eigenvalue weighted by Crippen LogP contribution is -2.58. The Bertz CT molecular complexity index is 1220. The lowest BCUT2D eigenvalue weighted by Gasteiger charge is -2.46. The van der Waals surface area contributed by atoms with Crippen molar-refractivity contribution >= 4 is 29.3 Å². The third-order valence-electron chi connectivity index (χ3n) is 6.90. The summed E-state index contributed by atoms with van der Waals surface area (Å²) in [6.45, 7) is 2.14. The summed E-state index contributed by atoms with van der Waals surface area (Å²) in [5, 5.41) is 45.9. The summed E-state index contributed by atoms with van der Waals surface area (Å²) in [6.07, 6.45) is -0.176. The number of phenols is 1. The van der Waals surface area contributed by atoms with Gasteiger partial charge in [0.2, 0.25) is 5.78 Å². The van der Waals surface area contributed by atoms with E-state index in [-0.39, 0.29) is 49.3 Å². The van der Waals surface area contributed by atoms with Crippen molar-refractivity contribution in [3.8, 4) is 5.75 Å². The SMILES string of the molecule is CCCOC(=O)NCc1ccc(O)c2c1C[C@H]1C[C@H]3CC(=O)C(C(N)=O)=C(O)[C@@]3(O)C(=O)C1=C2O. The van der Waals surface area contributed by atoms with Crippen LogP contribution < -0.4 is 11.1 Å². The van der Waals surface area contributed by atoms with Gasteiger partial charge in [0.1, 0.15) is 22.8 Å². The highest BCUT2D eigenvalue weighted by atomic mass is 16.5. The number of amides is 2. The molecule has 0 spiro atoms. The van der Waals surface area contributed by atoms with E-state index in [0.29, 0.717) is 17.5 Å². The Morgan fingerprint density at radius 1 is 1.20 bits per heavy atom. The molecule has 3 aliphatic carbocycles. The molecule has 0 aromatic heterocycles. The van der Waals surface area contributed by atoms with Crippen LogP contribution >= 0.6 is 0 Å². The van der Waals surface area contributed by atoms with E-state index in [4.69, 9.17) is 10.5 Å². The number of nitrogens with two attached hydrogens (primary N) is 1. The fourth-order valence-corrected chi connectivity index (χ4v) is 5.26. The first-order valence-corrected chi connectivity index (χ1v) is 11.2. The number of phenolic OH excluding ortho intramolecular Hbond substituents is 1. The van der Waals surface area contributed by atoms with Crippen molar-refractivity contribution in [1.82, 2.24) is 5.32 Å². The smallest absolute Gasteiger partial charge is 0.407 e. The minimum absolute atomic E-state index is 0.0293. The number of ether oxygens (including phenoxy) is 1. The summed E-state index contributed by atoms with van der Waals surface area (Å²) in [4.78, 5) is 49.4. The Labute approximate surface area is 199 Å². The van der Waals surface area contributed by atoms with E-state index in [1.807, 2.05) is 6.92 Å². The molecule has 0 radical (unpaired) electrons. The van der Waals surface area contributed by atoms with Gasteiger partial charge in [-0.15, -0.1) is 0 Å². The molecule has 2 amide bonds. The molecule has 0 unspecified atom stereocenters. The summed E-state index contributed by atoms with van der Waals surface area (Å²) in [7, 11) is 0. The van der Waals surface area contributed by atoms with Crippen LogP contribution in [0.1, 0.15) is 42.9 Å². The number of hydrogen-bond acceptors (Lipinski definition) is 9. The average Bonchev–Trinajstić information content (AvgIpc) is 2.79. The van der Waals surface area contributed by atoms with Crippen molar-refractivity contribution < 1.29 is 44.3 Å². The Morgan fingerprint density at radius 2 is 1.91 bits per heavy atom. The largest absolute Gasteiger partial charge is 0.508 e. The Kier molecular flexibility index (Phi) is 6.05. The number of primary amides is 1. The lowest BCUT2D eigenvalue weighted by atomic mass is 9.59. The molecule has 186 valence electrons. The van der Waals surface area contributed by atoms with Crippen molar-refractivity contribution in [2.24, 2.45) is 17.6 Å². The Morgan fingerprint density at radius 3 is 2.57 bits per heavy atom. The molecule has 35 heavy (non-hydrogen) atoms. The molecule has 11 heteroatoms. The summed E-state index contributed by atoms with van der Waals surface area (Å²) in [5.41, 5.74) is 2.55. The number of ketones is 2. The Hall–Kier alpha value is -3.86. The summed E-state index contributed by atoms with van der Waals surface area (Å²) >= 11 is 0. The predicted octanol–water partition coefficient (Wildman–Crippen LogP) is 1.06. The number of aliphatic hydroxyl groups excluding tert-OH is 2. The molecule has 1 fully saturated rings. The number of aromatic hydroxyl groups is 1. The minimum Gasteiger partial charge on any atom is -0.508 e. The maximum atomic E-state index is 13.5. The van der Waals surface area contributed by atoms with E-state index in [2.05, 4.69) is 5.32 Å². The summed E-state index contributed by atoms with van der Waals surface area (Å²) < 4.78 is 4.99. The van der Waals surface area contributed by atoms with Crippen LogP contribution in [0.25, 0.3) is 5.76 Å². The molecule has 7 N–H and O–H groups in total. The molecule has 3 aliphatic rings. The van der Waals surface area contributed by atoms with Crippen molar-refractivity contribution in [1.29, 1.82) is 0 Å². The van der Waals surface area contributed by atoms with E-state index in [1.54, 1.807) is 6.07 Å². The highest BCUT2D eigenvalue weighted by molar-refractivity contribution is 6.22. The van der Waals surface area contributed by atoms with Gasteiger partial charge in [-0.25, -0.2) is 4.79 Å². The number of benzene rings is 1. The van der Waals surface area contributed by atoms with E-state index < -0.39 is 58.1 Å². The van der Waals surface area contributed by atoms with Crippen LogP contribution in [0.15, 0.2) is 29.0 Å². The van der Waals surface area contributed by atoms with Crippen LogP contribution in [0.5, 0.6) is 5.75 Å². The van der Waals surface area contributed by atoms with E-state index >= 15 is 0 Å². The fourth-order valence-electron chi connectivity index (χ4n) is 5.26. The van der Waals surface area contributed by atoms with Gasteiger partial charge in [0.25, 0.3) is 5.91 Å². The molecule has 0 aliphatic heterocycles. The van der Waals surface area contributed by atoms with Crippen molar-refractivity contribution in [2.75, 3.05) is 6.61 Å². The fraction of sp³-hybridized carbons (Fsp3) is 0.417. The second-order valence-electron chi connectivity index (χ2n) is 8.99. The first-order chi connectivity index (χ1) is 16.5. The molecular formula is C24H26N2O9. The maximum Gasteiger partial charge on any atom is 0.407 e. The van der Waals surface area contributed by atoms with Crippen LogP contribution in [-0.4, -0.2) is 56.2 Å². The van der Waals surface area contributed by atoms with Gasteiger partial charge < -0.3 is 36.2 Å². The second kappa shape index (κ2) is 8.73. The van der Waals surface area contributed by atoms with Crippen LogP contribution in [0, 0.1) is 11.8 Å². The minimum atomic E-state index is -2.60. The molecule has 1 aromatic carbocycles. The topological polar surface area (TPSA) is 196 Å². The zero-order valence-corrected chi connectivity index (χ0v) is 19.0. The van der Waals surface area contributed by atoms with Gasteiger partial charge in [-0.2, -0.15) is 0 Å². The number of rotatable bonds is 5. The van der Waals surface area contributed by atoms with Crippen molar-refractivity contribution in [2.45, 2.75) is 44.8 Å². The third kappa shape index (κ3) is 3.72. The molecule has 1 aromatic rings. The third-order valence-corrected chi connectivity index (χ3v) is 6.90. The van der Waals surface area contributed by atoms with E-state index in [0.717, 1.165) is 0 Å². The molecule has 11 nitrogen and oxygen atoms in total. The zero-order valence-electron chi connectivity index (χ0n) is 19.0. The van der Waals surface area contributed by atoms with Gasteiger partial charge in [0, 0.05) is 24.5 Å². The summed E-state index contributed by atoms with van der Waals surface area (Å²) in [5.74, 6) is -6.82. The van der Waals surface area contributed by atoms with Gasteiger partial charge >= 0.3 is 6.09 Å². The molecule has 4 rings (SSSR count). The van der Waals surface area contributed by atoms with Gasteiger partial charge in [0.05, 0.1) is 12.2 Å². The number of alkyl carbamates (subject to hydrolysis) is 1. The molecule has 0 saturated heterocycles. The van der Waals surface area contributed by atoms with Crippen LogP contribution in [0.2, 0.25) is 0 Å². The molecule has 3 atom stereocenters. The standard InChI is InChI=1S/C24H26N2O9/c1-2-5-35-23(33)26-9-10-3-4-14(27)17-13(10)7-11-6-12-8-15(28)18(22(25)32)21(31)24(12,34)20(30)16(11)19(17)29/h3-4,11-12,27,29,31,34H,2,5-9H2,1H3,(H2,25,32)(H,26,33)/t11-,12+,24+/m1/s1. The van der Waals surface area contributed by atoms with Gasteiger partial charge in [-0.1, -0.05) is 13.0 Å². The highest BCUT2D eigenvalue weighted by Crippen LogP contribution is 2.52. The Balaban J connectivity index is 1.76. The molecule has 1 saturated carbocycles. The number of aliphatic hydroxyl groups is 3. The van der Waals surface area contributed by atoms with E-state index in [9.17, 15) is 39.6 Å². The highest BCUT2D eigenvalue weighted by Gasteiger charge is 2.60. The van der Waals surface area contributed by atoms with Crippen LogP contribution in [0.4, 0.5) is 4.79 Å². The van der Waals surface area contributed by atoms with Gasteiger partial charge in [-0.05, 0) is 42.4 Å². The number of Topliss-reactive ketones (excluding diaryl/α,β-unsaturated/α-hetero) is 2. The zero-order chi connectivity index (χ0) is 25.7. The van der Waals surface area contributed by atoms with Crippen LogP contribution in [0.3, 0.4) is 0 Å². The van der Waals surface area contributed by atoms with Crippen LogP contribution in [-0.2, 0) is 32.1 Å². The maximum absolute atomic E-state index is 13.5. The van der Waals surface area contributed by atoms with Gasteiger partial charge in [0.15, 0.2) is 11.4 Å². The van der Waals surface area contributed by atoms with Crippen molar-refractivity contribution in [3.63, 3.8) is 0 Å². The molecule has 0 heterocycles. The van der Waals surface area contributed by atoms with Gasteiger partial charge in [-0.3, -0.25) is 14.4 Å². The number of fused-ring (bicyclic) bond motifs is 3. The summed E-state index contributed by atoms with van der Waals surface area (Å²) in [6, 6.07) is 2.88. The van der Waals surface area contributed by atoms with E-state index in [1.165, 1.54) is 6.07 Å². The average molecular weight is 486 g/mol. The number of hydrogen-bond donors (Lipinski definition) is 6. The predicted molar refractivity (Wildman–Crippen MR) is 120 cm³/mol. The van der Waals surface area contributed by atoms with Crippen molar-refractivity contribution in [3.05, 3.63) is 45.7 Å². The number of nitrogens with one attached hydrogen (secondary N) is 1. The molecular weight excluding hydrogens is 460 g/mol. The first kappa shape index (κ1) is 24.3. The number of carbonyl (C=O) groups is 4. The quantitative estimate of drug-likeness (QED) is 0.330. The first-order valence-electron chi connectivity index (χ1n) is 11.2. The number of carbonyl (C=O) groups excluding carboxylic acids is 4. The monoisotopic (exact) mass is 486 g/mol. The lowest BCUT2D eigenvalue weighted by molar-refractivity contribution is -0.147. The second-order valence-corrected chi connectivity index (χ2v) is 8.99.